The molecule has 8 heteroatoms. The van der Waals surface area contributed by atoms with E-state index in [1.54, 1.807) is 18.2 Å². The summed E-state index contributed by atoms with van der Waals surface area (Å²) in [4.78, 5) is 22.3. The first-order valence-corrected chi connectivity index (χ1v) is 5.65. The van der Waals surface area contributed by atoms with Crippen LogP contribution in [0.2, 0.25) is 0 Å². The highest BCUT2D eigenvalue weighted by atomic mass is 16.5. The van der Waals surface area contributed by atoms with Gasteiger partial charge in [-0.2, -0.15) is 0 Å². The SMILES string of the molecule is COc1ccc(NC(=O)N[C@H](CO)C(=O)O)c(OC)c1. The van der Waals surface area contributed by atoms with Crippen molar-refractivity contribution < 1.29 is 29.3 Å². The summed E-state index contributed by atoms with van der Waals surface area (Å²) in [5.41, 5.74) is 0.341. The zero-order chi connectivity index (χ0) is 15.1. The molecule has 1 aromatic rings. The van der Waals surface area contributed by atoms with Crippen molar-refractivity contribution in [3.8, 4) is 11.5 Å². The number of aliphatic hydroxyl groups is 1. The fourth-order valence-electron chi connectivity index (χ4n) is 1.40. The first kappa shape index (κ1) is 15.6. The summed E-state index contributed by atoms with van der Waals surface area (Å²) in [6, 6.07) is 2.58. The van der Waals surface area contributed by atoms with E-state index in [0.29, 0.717) is 17.2 Å². The molecule has 1 atom stereocenters. The highest BCUT2D eigenvalue weighted by Crippen LogP contribution is 2.28. The molecule has 0 aliphatic heterocycles. The molecule has 0 radical (unpaired) electrons. The number of anilines is 1. The van der Waals surface area contributed by atoms with E-state index in [4.69, 9.17) is 19.7 Å². The van der Waals surface area contributed by atoms with Crippen LogP contribution in [0.25, 0.3) is 0 Å². The molecule has 0 fully saturated rings. The van der Waals surface area contributed by atoms with E-state index in [-0.39, 0.29) is 0 Å². The van der Waals surface area contributed by atoms with Crippen molar-refractivity contribution in [3.05, 3.63) is 18.2 Å². The molecule has 110 valence electrons. The Hall–Kier alpha value is -2.48. The van der Waals surface area contributed by atoms with Gasteiger partial charge >= 0.3 is 12.0 Å². The molecule has 20 heavy (non-hydrogen) atoms. The van der Waals surface area contributed by atoms with Gasteiger partial charge in [-0.05, 0) is 12.1 Å². The number of aliphatic hydroxyl groups excluding tert-OH is 1. The molecule has 0 saturated heterocycles. The van der Waals surface area contributed by atoms with Crippen molar-refractivity contribution in [2.45, 2.75) is 6.04 Å². The van der Waals surface area contributed by atoms with E-state index in [1.165, 1.54) is 14.2 Å². The van der Waals surface area contributed by atoms with Gasteiger partial charge in [-0.3, -0.25) is 0 Å². The third kappa shape index (κ3) is 4.02. The molecule has 0 aliphatic carbocycles. The van der Waals surface area contributed by atoms with Gasteiger partial charge in [0.15, 0.2) is 6.04 Å². The smallest absolute Gasteiger partial charge is 0.328 e. The van der Waals surface area contributed by atoms with Crippen LogP contribution >= 0.6 is 0 Å². The van der Waals surface area contributed by atoms with Crippen molar-refractivity contribution in [1.29, 1.82) is 0 Å². The van der Waals surface area contributed by atoms with Crippen LogP contribution in [0.1, 0.15) is 0 Å². The first-order chi connectivity index (χ1) is 9.51. The predicted octanol–water partition coefficient (Wildman–Crippen LogP) is 0.271. The minimum atomic E-state index is -1.38. The van der Waals surface area contributed by atoms with Crippen LogP contribution in [0, 0.1) is 0 Å². The molecule has 0 aromatic heterocycles. The quantitative estimate of drug-likeness (QED) is 0.595. The van der Waals surface area contributed by atoms with Gasteiger partial charge in [-0.1, -0.05) is 0 Å². The zero-order valence-corrected chi connectivity index (χ0v) is 11.0. The number of hydrogen-bond donors (Lipinski definition) is 4. The van der Waals surface area contributed by atoms with E-state index >= 15 is 0 Å². The third-order valence-electron chi connectivity index (χ3n) is 2.44. The number of urea groups is 1. The lowest BCUT2D eigenvalue weighted by Crippen LogP contribution is -2.45. The molecule has 0 unspecified atom stereocenters. The standard InChI is InChI=1S/C12H16N2O6/c1-19-7-3-4-8(10(5-7)20-2)13-12(18)14-9(6-15)11(16)17/h3-5,9,15H,6H2,1-2H3,(H,16,17)(H2,13,14,18)/t9-/m1/s1. The molecular weight excluding hydrogens is 268 g/mol. The van der Waals surface area contributed by atoms with Gasteiger partial charge in [0, 0.05) is 6.07 Å². The van der Waals surface area contributed by atoms with Gasteiger partial charge in [0.2, 0.25) is 0 Å². The molecular formula is C12H16N2O6. The van der Waals surface area contributed by atoms with Crippen LogP contribution in [0.4, 0.5) is 10.5 Å². The Morgan fingerprint density at radius 1 is 1.30 bits per heavy atom. The van der Waals surface area contributed by atoms with Gasteiger partial charge in [0.05, 0.1) is 26.5 Å². The molecule has 4 N–H and O–H groups in total. The number of methoxy groups -OCH3 is 2. The van der Waals surface area contributed by atoms with Crippen molar-refractivity contribution in [1.82, 2.24) is 5.32 Å². The highest BCUT2D eigenvalue weighted by Gasteiger charge is 2.19. The maximum absolute atomic E-state index is 11.6. The van der Waals surface area contributed by atoms with Crippen LogP contribution in [-0.2, 0) is 4.79 Å². The van der Waals surface area contributed by atoms with E-state index < -0.39 is 24.6 Å². The van der Waals surface area contributed by atoms with Crippen LogP contribution in [-0.4, -0.2) is 49.1 Å². The first-order valence-electron chi connectivity index (χ1n) is 5.65. The van der Waals surface area contributed by atoms with Gasteiger partial charge in [0.1, 0.15) is 11.5 Å². The number of carbonyl (C=O) groups is 2. The highest BCUT2D eigenvalue weighted by molar-refractivity contribution is 5.93. The van der Waals surface area contributed by atoms with Crippen molar-refractivity contribution >= 4 is 17.7 Å². The number of rotatable bonds is 6. The average Bonchev–Trinajstić information content (AvgIpc) is 2.44. The van der Waals surface area contributed by atoms with Crippen LogP contribution in [0.15, 0.2) is 18.2 Å². The monoisotopic (exact) mass is 284 g/mol. The van der Waals surface area contributed by atoms with Gasteiger partial charge in [-0.15, -0.1) is 0 Å². The maximum atomic E-state index is 11.6. The lowest BCUT2D eigenvalue weighted by atomic mass is 10.2. The summed E-state index contributed by atoms with van der Waals surface area (Å²) in [5.74, 6) is -0.425. The van der Waals surface area contributed by atoms with Gasteiger partial charge in [-0.25, -0.2) is 9.59 Å². The van der Waals surface area contributed by atoms with E-state index in [9.17, 15) is 9.59 Å². The van der Waals surface area contributed by atoms with E-state index in [1.807, 2.05) is 0 Å². The summed E-state index contributed by atoms with van der Waals surface area (Å²) in [6.07, 6.45) is 0. The second-order valence-electron chi connectivity index (χ2n) is 3.74. The summed E-state index contributed by atoms with van der Waals surface area (Å²) in [5, 5.41) is 22.1. The molecule has 0 bridgehead atoms. The number of nitrogens with one attached hydrogen (secondary N) is 2. The summed E-state index contributed by atoms with van der Waals surface area (Å²) >= 11 is 0. The van der Waals surface area contributed by atoms with Crippen LogP contribution < -0.4 is 20.1 Å². The number of benzene rings is 1. The molecule has 0 aliphatic rings. The Morgan fingerprint density at radius 3 is 2.50 bits per heavy atom. The molecule has 8 nitrogen and oxygen atoms in total. The van der Waals surface area contributed by atoms with Crippen molar-refractivity contribution in [2.24, 2.45) is 0 Å². The Balaban J connectivity index is 2.77. The Labute approximate surface area is 115 Å². The summed E-state index contributed by atoms with van der Waals surface area (Å²) in [6.45, 7) is -0.706. The lowest BCUT2D eigenvalue weighted by molar-refractivity contribution is -0.140. The topological polar surface area (TPSA) is 117 Å². The second-order valence-corrected chi connectivity index (χ2v) is 3.74. The second kappa shape index (κ2) is 7.19. The number of carboxylic acids is 1. The van der Waals surface area contributed by atoms with Crippen molar-refractivity contribution in [2.75, 3.05) is 26.1 Å². The predicted molar refractivity (Wildman–Crippen MR) is 70.2 cm³/mol. The number of amides is 2. The molecule has 0 heterocycles. The Morgan fingerprint density at radius 2 is 2.00 bits per heavy atom. The molecule has 1 rings (SSSR count). The van der Waals surface area contributed by atoms with Crippen LogP contribution in [0.5, 0.6) is 11.5 Å². The summed E-state index contributed by atoms with van der Waals surface area (Å²) in [7, 11) is 2.92. The number of hydrogen-bond acceptors (Lipinski definition) is 5. The number of carbonyl (C=O) groups excluding carboxylic acids is 1. The Bertz CT molecular complexity index is 491. The van der Waals surface area contributed by atoms with E-state index in [2.05, 4.69) is 10.6 Å². The lowest BCUT2D eigenvalue weighted by Gasteiger charge is -2.15. The van der Waals surface area contributed by atoms with Crippen LogP contribution in [0.3, 0.4) is 0 Å². The molecule has 1 aromatic carbocycles. The third-order valence-corrected chi connectivity index (χ3v) is 2.44. The minimum absolute atomic E-state index is 0.341. The summed E-state index contributed by atoms with van der Waals surface area (Å²) < 4.78 is 10.1. The van der Waals surface area contributed by atoms with Gasteiger partial charge < -0.3 is 30.3 Å². The molecule has 0 saturated carbocycles. The number of ether oxygens (including phenoxy) is 2. The molecule has 0 spiro atoms. The van der Waals surface area contributed by atoms with E-state index in [0.717, 1.165) is 0 Å². The Kier molecular flexibility index (Phi) is 5.60. The normalized spacial score (nSPS) is 11.3. The minimum Gasteiger partial charge on any atom is -0.497 e. The number of aliphatic carboxylic acids is 1. The number of carboxylic acid groups (broad SMARTS) is 1. The van der Waals surface area contributed by atoms with Gasteiger partial charge in [0.25, 0.3) is 0 Å². The average molecular weight is 284 g/mol. The largest absolute Gasteiger partial charge is 0.497 e. The fourth-order valence-corrected chi connectivity index (χ4v) is 1.40. The fraction of sp³-hybridized carbons (Fsp3) is 0.333. The molecule has 2 amide bonds. The maximum Gasteiger partial charge on any atom is 0.328 e. The zero-order valence-electron chi connectivity index (χ0n) is 11.0. The van der Waals surface area contributed by atoms with Crippen molar-refractivity contribution in [3.63, 3.8) is 0 Å².